The Hall–Kier alpha value is -3.30. The summed E-state index contributed by atoms with van der Waals surface area (Å²) in [7, 11) is 0. The van der Waals surface area contributed by atoms with E-state index in [0.29, 0.717) is 18.7 Å². The molecule has 4 heterocycles. The highest BCUT2D eigenvalue weighted by atomic mass is 19.1. The fourth-order valence-corrected chi connectivity index (χ4v) is 7.01. The molecule has 3 saturated heterocycles. The zero-order valence-corrected chi connectivity index (χ0v) is 23.3. The minimum Gasteiger partial charge on any atom is -0.368 e. The van der Waals surface area contributed by atoms with Gasteiger partial charge in [-0.15, -0.1) is 0 Å². The summed E-state index contributed by atoms with van der Waals surface area (Å²) in [5.74, 6) is -0.910. The molecule has 3 atom stereocenters. The molecule has 3 amide bonds. The van der Waals surface area contributed by atoms with Crippen molar-refractivity contribution in [3.05, 3.63) is 59.7 Å². The van der Waals surface area contributed by atoms with E-state index in [2.05, 4.69) is 44.3 Å². The number of fused-ring (bicyclic) bond motifs is 1. The van der Waals surface area contributed by atoms with Crippen LogP contribution >= 0.6 is 0 Å². The predicted octanol–water partition coefficient (Wildman–Crippen LogP) is 2.85. The SMILES string of the molecule is CC1(C)C(=O)N(C2CCC(=O)NC2=O)c2cccc(N3CC[C@@H](N4CCN(Cc5ccccc5)CC4)[C@@H](F)C3)c21. The van der Waals surface area contributed by atoms with Crippen molar-refractivity contribution in [3.63, 3.8) is 0 Å². The smallest absolute Gasteiger partial charge is 0.249 e. The molecule has 0 saturated carbocycles. The van der Waals surface area contributed by atoms with Crippen LogP contribution in [0, 0.1) is 0 Å². The molecule has 0 aromatic heterocycles. The summed E-state index contributed by atoms with van der Waals surface area (Å²) in [5.41, 5.74) is 2.82. The molecule has 0 aliphatic carbocycles. The Bertz CT molecular complexity index is 1290. The molecule has 1 N–H and O–H groups in total. The summed E-state index contributed by atoms with van der Waals surface area (Å²) in [6, 6.07) is 15.4. The highest BCUT2D eigenvalue weighted by molar-refractivity contribution is 6.14. The molecule has 40 heavy (non-hydrogen) atoms. The van der Waals surface area contributed by atoms with Crippen LogP contribution in [-0.2, 0) is 26.3 Å². The minimum absolute atomic E-state index is 0.110. The van der Waals surface area contributed by atoms with E-state index in [0.717, 1.165) is 50.4 Å². The standard InChI is InChI=1S/C31H38FN5O3/c1-31(2)28-24(9-6-10-25(28)37(30(31)40)26-11-12-27(38)33-29(26)39)36-14-13-23(22(32)20-36)35-17-15-34(16-18-35)19-21-7-4-3-5-8-21/h3-10,22-23,26H,11-20H2,1-2H3,(H,33,38,39)/t22-,23+,26?/m0/s1. The highest BCUT2D eigenvalue weighted by Crippen LogP contribution is 2.48. The molecular weight excluding hydrogens is 509 g/mol. The number of hydrogen-bond donors (Lipinski definition) is 1. The summed E-state index contributed by atoms with van der Waals surface area (Å²) in [5, 5.41) is 2.38. The predicted molar refractivity (Wildman–Crippen MR) is 152 cm³/mol. The van der Waals surface area contributed by atoms with Gasteiger partial charge in [-0.05, 0) is 44.4 Å². The average Bonchev–Trinajstić information content (AvgIpc) is 3.15. The van der Waals surface area contributed by atoms with Crippen LogP contribution in [0.2, 0.25) is 0 Å². The van der Waals surface area contributed by atoms with Crippen molar-refractivity contribution in [2.75, 3.05) is 49.1 Å². The molecule has 0 bridgehead atoms. The van der Waals surface area contributed by atoms with Crippen LogP contribution in [0.3, 0.4) is 0 Å². The summed E-state index contributed by atoms with van der Waals surface area (Å²) >= 11 is 0. The number of hydrogen-bond acceptors (Lipinski definition) is 6. The molecule has 2 aromatic rings. The van der Waals surface area contributed by atoms with Crippen LogP contribution in [0.15, 0.2) is 48.5 Å². The monoisotopic (exact) mass is 547 g/mol. The van der Waals surface area contributed by atoms with E-state index in [-0.39, 0.29) is 30.8 Å². The number of imide groups is 1. The van der Waals surface area contributed by atoms with E-state index in [4.69, 9.17) is 0 Å². The van der Waals surface area contributed by atoms with Crippen molar-refractivity contribution < 1.29 is 18.8 Å². The van der Waals surface area contributed by atoms with Gasteiger partial charge in [0.15, 0.2) is 0 Å². The van der Waals surface area contributed by atoms with E-state index in [1.165, 1.54) is 5.56 Å². The third-order valence-corrected chi connectivity index (χ3v) is 9.15. The molecule has 0 spiro atoms. The van der Waals surface area contributed by atoms with Gasteiger partial charge >= 0.3 is 0 Å². The van der Waals surface area contributed by atoms with Gasteiger partial charge in [-0.1, -0.05) is 36.4 Å². The first-order valence-corrected chi connectivity index (χ1v) is 14.4. The lowest BCUT2D eigenvalue weighted by Crippen LogP contribution is -2.57. The van der Waals surface area contributed by atoms with Crippen LogP contribution in [0.4, 0.5) is 15.8 Å². The van der Waals surface area contributed by atoms with Crippen LogP contribution in [0.5, 0.6) is 0 Å². The third-order valence-electron chi connectivity index (χ3n) is 9.15. The molecule has 212 valence electrons. The van der Waals surface area contributed by atoms with Gasteiger partial charge in [-0.25, -0.2) is 4.39 Å². The van der Waals surface area contributed by atoms with Crippen molar-refractivity contribution in [1.82, 2.24) is 15.1 Å². The molecular formula is C31H38FN5O3. The number of amides is 3. The fraction of sp³-hybridized carbons (Fsp3) is 0.516. The molecule has 4 aliphatic heterocycles. The summed E-state index contributed by atoms with van der Waals surface area (Å²) in [4.78, 5) is 46.5. The second kappa shape index (κ2) is 10.6. The number of benzene rings is 2. The Morgan fingerprint density at radius 3 is 2.33 bits per heavy atom. The lowest BCUT2D eigenvalue weighted by atomic mass is 9.84. The molecule has 3 fully saturated rings. The second-order valence-corrected chi connectivity index (χ2v) is 12.1. The van der Waals surface area contributed by atoms with Gasteiger partial charge in [0.25, 0.3) is 0 Å². The van der Waals surface area contributed by atoms with Crippen molar-refractivity contribution >= 4 is 29.1 Å². The zero-order chi connectivity index (χ0) is 28.0. The maximum Gasteiger partial charge on any atom is 0.249 e. The van der Waals surface area contributed by atoms with Crippen LogP contribution < -0.4 is 15.1 Å². The van der Waals surface area contributed by atoms with Gasteiger partial charge in [0.2, 0.25) is 17.7 Å². The Labute approximate surface area is 235 Å². The lowest BCUT2D eigenvalue weighted by molar-refractivity contribution is -0.136. The largest absolute Gasteiger partial charge is 0.368 e. The van der Waals surface area contributed by atoms with Gasteiger partial charge in [-0.2, -0.15) is 0 Å². The first-order valence-electron chi connectivity index (χ1n) is 14.4. The number of halogens is 1. The van der Waals surface area contributed by atoms with Gasteiger partial charge in [0.05, 0.1) is 17.6 Å². The average molecular weight is 548 g/mol. The summed E-state index contributed by atoms with van der Waals surface area (Å²) in [6.07, 6.45) is 0.214. The number of carbonyl (C=O) groups is 3. The third kappa shape index (κ3) is 4.79. The number of piperazine rings is 1. The van der Waals surface area contributed by atoms with Crippen molar-refractivity contribution in [2.45, 2.75) is 63.3 Å². The van der Waals surface area contributed by atoms with Gasteiger partial charge < -0.3 is 4.90 Å². The Kier molecular flexibility index (Phi) is 7.12. The first kappa shape index (κ1) is 26.9. The number of rotatable bonds is 5. The van der Waals surface area contributed by atoms with Gasteiger partial charge in [0, 0.05) is 63.0 Å². The number of nitrogens with zero attached hydrogens (tertiary/aromatic N) is 4. The lowest BCUT2D eigenvalue weighted by Gasteiger charge is -2.45. The number of nitrogens with one attached hydrogen (secondary N) is 1. The van der Waals surface area contributed by atoms with Crippen LogP contribution in [0.25, 0.3) is 0 Å². The Morgan fingerprint density at radius 2 is 1.62 bits per heavy atom. The number of piperidine rings is 2. The Morgan fingerprint density at radius 1 is 0.900 bits per heavy atom. The molecule has 0 radical (unpaired) electrons. The molecule has 1 unspecified atom stereocenters. The second-order valence-electron chi connectivity index (χ2n) is 12.1. The van der Waals surface area contributed by atoms with Crippen molar-refractivity contribution in [2.24, 2.45) is 0 Å². The zero-order valence-electron chi connectivity index (χ0n) is 23.3. The molecule has 2 aromatic carbocycles. The highest BCUT2D eigenvalue weighted by Gasteiger charge is 2.51. The minimum atomic E-state index is -1.00. The van der Waals surface area contributed by atoms with E-state index in [1.807, 2.05) is 38.1 Å². The quantitative estimate of drug-likeness (QED) is 0.581. The van der Waals surface area contributed by atoms with E-state index in [9.17, 15) is 14.4 Å². The van der Waals surface area contributed by atoms with Crippen molar-refractivity contribution in [1.29, 1.82) is 0 Å². The molecule has 6 rings (SSSR count). The first-order chi connectivity index (χ1) is 19.2. The summed E-state index contributed by atoms with van der Waals surface area (Å²) in [6.45, 7) is 9.23. The fourth-order valence-electron chi connectivity index (χ4n) is 7.01. The topological polar surface area (TPSA) is 76.2 Å². The maximum absolute atomic E-state index is 15.8. The summed E-state index contributed by atoms with van der Waals surface area (Å²) < 4.78 is 15.8. The maximum atomic E-state index is 15.8. The number of anilines is 2. The van der Waals surface area contributed by atoms with Crippen LogP contribution in [-0.4, -0.2) is 85.0 Å². The van der Waals surface area contributed by atoms with Gasteiger partial charge in [0.1, 0.15) is 12.2 Å². The molecule has 4 aliphatic rings. The van der Waals surface area contributed by atoms with E-state index >= 15 is 4.39 Å². The molecule has 9 heteroatoms. The van der Waals surface area contributed by atoms with E-state index < -0.39 is 23.5 Å². The van der Waals surface area contributed by atoms with Crippen LogP contribution in [0.1, 0.15) is 44.2 Å². The molecule has 8 nitrogen and oxygen atoms in total. The van der Waals surface area contributed by atoms with E-state index in [1.54, 1.807) is 4.90 Å². The van der Waals surface area contributed by atoms with Crippen molar-refractivity contribution in [3.8, 4) is 0 Å². The normalized spacial score (nSPS) is 27.6. The number of alkyl halides is 1. The van der Waals surface area contributed by atoms with Gasteiger partial charge in [-0.3, -0.25) is 34.4 Å². The number of carbonyl (C=O) groups excluding carboxylic acids is 3. The Balaban J connectivity index is 1.15.